The van der Waals surface area contributed by atoms with Crippen LogP contribution in [0.3, 0.4) is 0 Å². The molecule has 0 bridgehead atoms. The molecule has 6 N–H and O–H groups in total. The van der Waals surface area contributed by atoms with Crippen LogP contribution < -0.4 is 5.32 Å². The predicted molar refractivity (Wildman–Crippen MR) is 347 cm³/mol. The van der Waals surface area contributed by atoms with Gasteiger partial charge in [0.05, 0.1) is 25.4 Å². The number of rotatable bonds is 57. The van der Waals surface area contributed by atoms with E-state index in [1.165, 1.54) is 167 Å². The fourth-order valence-corrected chi connectivity index (χ4v) is 10.2. The number of unbranched alkanes of at least 4 members (excludes halogenated alkanes) is 33. The molecule has 0 saturated carbocycles. The van der Waals surface area contributed by atoms with Crippen molar-refractivity contribution >= 4 is 11.9 Å². The molecule has 11 nitrogen and oxygen atoms in total. The number of allylic oxidation sites excluding steroid dienone is 15. The largest absolute Gasteiger partial charge is 0.454 e. The Hall–Kier alpha value is -3.42. The monoisotopic (exact) mass is 1160 g/mol. The van der Waals surface area contributed by atoms with Gasteiger partial charge in [-0.1, -0.05) is 298 Å². The third-order valence-corrected chi connectivity index (χ3v) is 15.6. The van der Waals surface area contributed by atoms with Gasteiger partial charge in [-0.2, -0.15) is 0 Å². The number of carbonyl (C=O) groups is 2. The van der Waals surface area contributed by atoms with E-state index >= 15 is 0 Å². The third kappa shape index (κ3) is 46.5. The number of aliphatic hydroxyl groups excluding tert-OH is 5. The minimum absolute atomic E-state index is 0.115. The van der Waals surface area contributed by atoms with Crippen LogP contribution in [0.4, 0.5) is 0 Å². The van der Waals surface area contributed by atoms with E-state index in [9.17, 15) is 35.1 Å². The maximum atomic E-state index is 13.4. The maximum Gasteiger partial charge on any atom is 0.306 e. The molecule has 0 spiro atoms. The number of esters is 1. The number of hydrogen-bond acceptors (Lipinski definition) is 10. The molecule has 0 aromatic rings. The van der Waals surface area contributed by atoms with Crippen molar-refractivity contribution in [3.05, 3.63) is 97.2 Å². The van der Waals surface area contributed by atoms with E-state index in [1.807, 2.05) is 60.8 Å². The lowest BCUT2D eigenvalue weighted by Gasteiger charge is -2.41. The molecular weight excluding hydrogens is 1040 g/mol. The second-order valence-electron chi connectivity index (χ2n) is 23.3. The SMILES string of the molecule is CC/C=C/C=C/C=C\C=C/C=C/CCCCC(O)C(=O)NC(COC1OC(CO)C(O)C(O)C1OC(=O)CCCCCCCCCCCCCCCCCCC/C=C\C/C=C\CCCCC)C(O)/C=C/CCCCCCCCCCCCC. The van der Waals surface area contributed by atoms with Gasteiger partial charge in [-0.15, -0.1) is 0 Å². The first-order valence-corrected chi connectivity index (χ1v) is 34.1. The number of amides is 1. The Bertz CT molecular complexity index is 1720. The van der Waals surface area contributed by atoms with Gasteiger partial charge in [0, 0.05) is 6.42 Å². The Morgan fingerprint density at radius 2 is 0.916 bits per heavy atom. The number of nitrogens with one attached hydrogen (secondary N) is 1. The average Bonchev–Trinajstić information content (AvgIpc) is 3.51. The van der Waals surface area contributed by atoms with Gasteiger partial charge in [0.2, 0.25) is 5.91 Å². The molecule has 0 aliphatic carbocycles. The highest BCUT2D eigenvalue weighted by Gasteiger charge is 2.47. The Balaban J connectivity index is 2.57. The molecule has 8 unspecified atom stereocenters. The molecule has 83 heavy (non-hydrogen) atoms. The molecule has 8 atom stereocenters. The first-order valence-electron chi connectivity index (χ1n) is 34.1. The van der Waals surface area contributed by atoms with Crippen LogP contribution in [0.2, 0.25) is 0 Å². The molecule has 0 aromatic heterocycles. The zero-order valence-electron chi connectivity index (χ0n) is 53.0. The van der Waals surface area contributed by atoms with Crippen molar-refractivity contribution in [3.63, 3.8) is 0 Å². The van der Waals surface area contributed by atoms with Crippen LogP contribution in [0, 0.1) is 0 Å². The maximum absolute atomic E-state index is 13.4. The molecule has 1 heterocycles. The summed E-state index contributed by atoms with van der Waals surface area (Å²) >= 11 is 0. The summed E-state index contributed by atoms with van der Waals surface area (Å²) in [4.78, 5) is 26.6. The van der Waals surface area contributed by atoms with Crippen molar-refractivity contribution in [1.29, 1.82) is 0 Å². The number of carbonyl (C=O) groups excluding carboxylic acids is 2. The summed E-state index contributed by atoms with van der Waals surface area (Å²) in [7, 11) is 0. The molecule has 0 radical (unpaired) electrons. The lowest BCUT2D eigenvalue weighted by Crippen LogP contribution is -2.61. The van der Waals surface area contributed by atoms with E-state index in [4.69, 9.17) is 14.2 Å². The fraction of sp³-hybridized carbons (Fsp3) is 0.750. The average molecular weight is 1160 g/mol. The van der Waals surface area contributed by atoms with E-state index in [0.717, 1.165) is 70.6 Å². The summed E-state index contributed by atoms with van der Waals surface area (Å²) in [5.41, 5.74) is 0. The van der Waals surface area contributed by atoms with E-state index in [1.54, 1.807) is 6.08 Å². The second kappa shape index (κ2) is 58.9. The van der Waals surface area contributed by atoms with Crippen molar-refractivity contribution in [3.8, 4) is 0 Å². The summed E-state index contributed by atoms with van der Waals surface area (Å²) in [6, 6.07) is -1.05. The van der Waals surface area contributed by atoms with E-state index in [2.05, 4.69) is 56.5 Å². The van der Waals surface area contributed by atoms with Crippen LogP contribution >= 0.6 is 0 Å². The van der Waals surface area contributed by atoms with Crippen molar-refractivity contribution in [1.82, 2.24) is 5.32 Å². The van der Waals surface area contributed by atoms with Crippen LogP contribution in [0.15, 0.2) is 97.2 Å². The highest BCUT2D eigenvalue weighted by atomic mass is 16.7. The zero-order valence-corrected chi connectivity index (χ0v) is 53.0. The summed E-state index contributed by atoms with van der Waals surface area (Å²) in [6.45, 7) is 5.61. The third-order valence-electron chi connectivity index (χ3n) is 15.6. The van der Waals surface area contributed by atoms with Gasteiger partial charge in [-0.3, -0.25) is 9.59 Å². The highest BCUT2D eigenvalue weighted by molar-refractivity contribution is 5.80. The van der Waals surface area contributed by atoms with E-state index in [0.29, 0.717) is 12.8 Å². The van der Waals surface area contributed by atoms with Crippen LogP contribution in [-0.2, 0) is 23.8 Å². The number of hydrogen-bond donors (Lipinski definition) is 6. The lowest BCUT2D eigenvalue weighted by molar-refractivity contribution is -0.305. The first kappa shape index (κ1) is 77.6. The second-order valence-corrected chi connectivity index (χ2v) is 23.3. The zero-order chi connectivity index (χ0) is 60.3. The fourth-order valence-electron chi connectivity index (χ4n) is 10.2. The highest BCUT2D eigenvalue weighted by Crippen LogP contribution is 2.26. The number of ether oxygens (including phenoxy) is 3. The molecule has 478 valence electrons. The van der Waals surface area contributed by atoms with Crippen LogP contribution in [0.1, 0.15) is 284 Å². The van der Waals surface area contributed by atoms with Crippen molar-refractivity contribution < 1.29 is 49.3 Å². The van der Waals surface area contributed by atoms with Crippen LogP contribution in [0.25, 0.3) is 0 Å². The molecule has 1 fully saturated rings. The Morgan fingerprint density at radius 1 is 0.494 bits per heavy atom. The predicted octanol–water partition coefficient (Wildman–Crippen LogP) is 17.1. The lowest BCUT2D eigenvalue weighted by atomic mass is 9.99. The Labute approximate surface area is 507 Å². The Morgan fingerprint density at radius 3 is 1.42 bits per heavy atom. The van der Waals surface area contributed by atoms with E-state index in [-0.39, 0.29) is 19.4 Å². The summed E-state index contributed by atoms with van der Waals surface area (Å²) < 4.78 is 17.6. The molecule has 1 aliphatic heterocycles. The van der Waals surface area contributed by atoms with Crippen LogP contribution in [0.5, 0.6) is 0 Å². The molecule has 11 heteroatoms. The molecule has 1 saturated heterocycles. The smallest absolute Gasteiger partial charge is 0.306 e. The normalized spacial score (nSPS) is 19.2. The summed E-state index contributed by atoms with van der Waals surface area (Å²) in [5, 5.41) is 57.0. The van der Waals surface area contributed by atoms with Crippen molar-refractivity contribution in [2.45, 2.75) is 333 Å². The van der Waals surface area contributed by atoms with Crippen LogP contribution in [-0.4, -0.2) is 99.6 Å². The summed E-state index contributed by atoms with van der Waals surface area (Å²) in [5.74, 6) is -1.24. The van der Waals surface area contributed by atoms with Gasteiger partial charge in [0.1, 0.15) is 24.4 Å². The van der Waals surface area contributed by atoms with Gasteiger partial charge in [-0.05, 0) is 77.0 Å². The Kier molecular flexibility index (Phi) is 55.1. The number of aliphatic hydroxyl groups is 5. The molecule has 1 rings (SSSR count). The minimum Gasteiger partial charge on any atom is -0.454 e. The standard InChI is InChI=1S/C72H125NO10/c1-4-7-10-13-16-19-22-25-27-28-29-30-31-32-33-34-35-36-37-38-39-42-45-48-51-54-57-60-67(77)83-70-69(79)68(78)66(61-74)82-72(70)81-62-63(64(75)58-55-52-49-46-43-40-24-21-18-15-12-9-6-3)73-71(80)65(76)59-56-53-50-47-44-41-26-23-20-17-14-11-8-5-2/h8,11,14,16-17,19-20,23,25-27,41,44,47,55,58,63-66,68-70,72,74-76,78-79H,4-7,9-10,12-13,15,18,21-22,24,28-40,42-43,45-46,48-54,56-57,59-62H2,1-3H3,(H,73,80)/b11-8+,17-14+,19-16-,23-20-,27-25-,41-26-,47-44+,58-55+. The van der Waals surface area contributed by atoms with E-state index < -0.39 is 67.4 Å². The molecular formula is C72H125NO10. The quantitative estimate of drug-likeness (QED) is 0.0149. The molecule has 0 aromatic carbocycles. The van der Waals surface area contributed by atoms with Gasteiger partial charge < -0.3 is 45.1 Å². The molecule has 1 amide bonds. The van der Waals surface area contributed by atoms with Gasteiger partial charge in [0.15, 0.2) is 12.4 Å². The van der Waals surface area contributed by atoms with Crippen molar-refractivity contribution in [2.75, 3.05) is 13.2 Å². The van der Waals surface area contributed by atoms with Crippen molar-refractivity contribution in [2.24, 2.45) is 0 Å². The first-order chi connectivity index (χ1) is 40.7. The minimum atomic E-state index is -1.63. The van der Waals surface area contributed by atoms with Gasteiger partial charge >= 0.3 is 5.97 Å². The van der Waals surface area contributed by atoms with Gasteiger partial charge in [0.25, 0.3) is 0 Å². The van der Waals surface area contributed by atoms with Gasteiger partial charge in [-0.25, -0.2) is 0 Å². The summed E-state index contributed by atoms with van der Waals surface area (Å²) in [6.07, 6.45) is 68.9. The topological polar surface area (TPSA) is 175 Å². The molecule has 1 aliphatic rings.